The maximum Gasteiger partial charge on any atom is 0.335 e. The van der Waals surface area contributed by atoms with E-state index in [0.717, 1.165) is 41.5 Å². The van der Waals surface area contributed by atoms with Crippen molar-refractivity contribution >= 4 is 64.2 Å². The van der Waals surface area contributed by atoms with E-state index in [1.165, 1.54) is 49.5 Å². The summed E-state index contributed by atoms with van der Waals surface area (Å²) in [6.07, 6.45) is -2.06. The number of rotatable bonds is 12. The molecule has 0 atom stereocenters. The molecule has 0 aliphatic rings. The first kappa shape index (κ1) is 47.4. The van der Waals surface area contributed by atoms with Gasteiger partial charge in [-0.25, -0.2) is 9.59 Å². The lowest BCUT2D eigenvalue weighted by atomic mass is 9.80. The highest BCUT2D eigenvalue weighted by Gasteiger charge is 2.23. The van der Waals surface area contributed by atoms with Crippen molar-refractivity contribution in [2.75, 3.05) is 28.3 Å². The minimum absolute atomic E-state index is 0.0190. The van der Waals surface area contributed by atoms with Crippen LogP contribution in [-0.4, -0.2) is 68.9 Å². The molecule has 0 saturated heterocycles. The second-order valence-corrected chi connectivity index (χ2v) is 17.2. The number of aromatic carboxylic acids is 2. The molecular formula is C48H49N5O11. The number of carbonyl (C=O) groups excluding carboxylic acids is 5. The third kappa shape index (κ3) is 11.8. The first-order valence-electron chi connectivity index (χ1n) is 19.8. The largest absolute Gasteiger partial charge is 0.478 e. The van der Waals surface area contributed by atoms with Gasteiger partial charge in [0.15, 0.2) is 6.29 Å². The molecule has 0 unspecified atom stereocenters. The van der Waals surface area contributed by atoms with E-state index < -0.39 is 53.3 Å². The highest BCUT2D eigenvalue weighted by molar-refractivity contribution is 6.12. The summed E-state index contributed by atoms with van der Waals surface area (Å²) in [6, 6.07) is 20.9. The summed E-state index contributed by atoms with van der Waals surface area (Å²) in [4.78, 5) is 91.0. The predicted octanol–water partition coefficient (Wildman–Crippen LogP) is 7.34. The summed E-state index contributed by atoms with van der Waals surface area (Å²) in [7, 11) is 1.43. The predicted molar refractivity (Wildman–Crippen MR) is 241 cm³/mol. The average molecular weight is 872 g/mol. The van der Waals surface area contributed by atoms with Gasteiger partial charge in [-0.1, -0.05) is 47.6 Å². The molecule has 0 aliphatic carbocycles. The molecule has 5 amide bonds. The van der Waals surface area contributed by atoms with Gasteiger partial charge in [-0.3, -0.25) is 24.0 Å². The number of aliphatic hydroxyl groups is 2. The Kier molecular flexibility index (Phi) is 13.9. The zero-order valence-electron chi connectivity index (χ0n) is 36.4. The van der Waals surface area contributed by atoms with Crippen LogP contribution in [0.4, 0.5) is 22.7 Å². The van der Waals surface area contributed by atoms with Crippen LogP contribution >= 0.6 is 0 Å². The number of carboxylic acid groups (broad SMARTS) is 2. The molecular weight excluding hydrogens is 823 g/mol. The Balaban J connectivity index is 1.40. The molecule has 0 spiro atoms. The topological polar surface area (TPSA) is 261 Å². The average Bonchev–Trinajstić information content (AvgIpc) is 3.21. The molecule has 5 rings (SSSR count). The molecule has 0 fully saturated rings. The summed E-state index contributed by atoms with van der Waals surface area (Å²) in [5, 5.41) is 51.6. The van der Waals surface area contributed by atoms with Gasteiger partial charge in [0.25, 0.3) is 29.5 Å². The third-order valence-electron chi connectivity index (χ3n) is 9.93. The maximum atomic E-state index is 13.8. The van der Waals surface area contributed by atoms with E-state index >= 15 is 0 Å². The quantitative estimate of drug-likeness (QED) is 0.0560. The minimum Gasteiger partial charge on any atom is -0.478 e. The first-order chi connectivity index (χ1) is 29.8. The molecule has 0 heterocycles. The fourth-order valence-corrected chi connectivity index (χ4v) is 6.48. The van der Waals surface area contributed by atoms with E-state index in [9.17, 15) is 54.0 Å². The highest BCUT2D eigenvalue weighted by Crippen LogP contribution is 2.33. The van der Waals surface area contributed by atoms with Crippen molar-refractivity contribution in [3.63, 3.8) is 0 Å². The summed E-state index contributed by atoms with van der Waals surface area (Å²) in [6.45, 7) is 14.1. The number of carboxylic acids is 2. The second-order valence-electron chi connectivity index (χ2n) is 17.2. The Morgan fingerprint density at radius 3 is 1.09 bits per heavy atom. The number of hydrogen-bond acceptors (Lipinski definition) is 9. The van der Waals surface area contributed by atoms with Gasteiger partial charge in [-0.05, 0) is 119 Å². The zero-order valence-corrected chi connectivity index (χ0v) is 36.4. The van der Waals surface area contributed by atoms with Crippen molar-refractivity contribution in [2.45, 2.75) is 65.6 Å². The van der Waals surface area contributed by atoms with Crippen molar-refractivity contribution < 1.29 is 54.0 Å². The van der Waals surface area contributed by atoms with Gasteiger partial charge in [0.1, 0.15) is 0 Å². The van der Waals surface area contributed by atoms with Crippen molar-refractivity contribution in [2.24, 2.45) is 0 Å². The van der Waals surface area contributed by atoms with Crippen LogP contribution in [0.1, 0.15) is 143 Å². The molecule has 0 aliphatic heterocycles. The van der Waals surface area contributed by atoms with Crippen LogP contribution in [0, 0.1) is 6.92 Å². The molecule has 5 aromatic rings. The van der Waals surface area contributed by atoms with Crippen LogP contribution < -0.4 is 26.6 Å². The van der Waals surface area contributed by atoms with Gasteiger partial charge in [0, 0.05) is 63.2 Å². The van der Waals surface area contributed by atoms with E-state index in [2.05, 4.69) is 74.2 Å². The molecule has 16 nitrogen and oxygen atoms in total. The molecule has 9 N–H and O–H groups in total. The zero-order chi connectivity index (χ0) is 47.4. The summed E-state index contributed by atoms with van der Waals surface area (Å²) >= 11 is 0. The number of aryl methyl sites for hydroxylation is 1. The normalized spacial score (nSPS) is 11.4. The number of nitrogens with one attached hydrogen (secondary N) is 5. The molecule has 332 valence electrons. The van der Waals surface area contributed by atoms with Crippen molar-refractivity contribution in [1.82, 2.24) is 5.32 Å². The number of aliphatic hydroxyl groups excluding tert-OH is 1. The highest BCUT2D eigenvalue weighted by atomic mass is 16.5. The Hall–Kier alpha value is -7.69. The van der Waals surface area contributed by atoms with E-state index in [-0.39, 0.29) is 66.8 Å². The molecule has 5 aromatic carbocycles. The lowest BCUT2D eigenvalue weighted by molar-refractivity contribution is -0.0425. The lowest BCUT2D eigenvalue weighted by Crippen LogP contribution is -2.21. The molecule has 16 heteroatoms. The van der Waals surface area contributed by atoms with Gasteiger partial charge in [-0.2, -0.15) is 0 Å². The van der Waals surface area contributed by atoms with Crippen LogP contribution in [0.15, 0.2) is 91.0 Å². The van der Waals surface area contributed by atoms with Gasteiger partial charge >= 0.3 is 11.9 Å². The number of benzene rings is 5. The van der Waals surface area contributed by atoms with Gasteiger partial charge in [-0.15, -0.1) is 0 Å². The van der Waals surface area contributed by atoms with Crippen LogP contribution in [0.2, 0.25) is 0 Å². The van der Waals surface area contributed by atoms with E-state index in [4.69, 9.17) is 0 Å². The standard InChI is InChI=1S/C48H49N5O11/c1-24-9-25(40(55)50-35-15-27(39(54)49-8)12-28(16-35)42(57)53-38-22-33(47(2,3)4)21-34(23-38)48(5,6)7)11-26(10-24)41(56)51-36-17-29(13-30(18-36)44(59)60)43(58)52-37-19-31(45(61)62)14-32(20-37)46(63)64/h9-23,45,61-62H,1-8H3,(H,49,54)(H,50,55)(H,51,56)(H,52,58)(H,53,57)(H,59,60)(H,63,64). The monoisotopic (exact) mass is 871 g/mol. The van der Waals surface area contributed by atoms with Crippen molar-refractivity contribution in [3.05, 3.63) is 152 Å². The smallest absolute Gasteiger partial charge is 0.335 e. The second kappa shape index (κ2) is 18.7. The summed E-state index contributed by atoms with van der Waals surface area (Å²) < 4.78 is 0. The molecule has 0 aromatic heterocycles. The van der Waals surface area contributed by atoms with Crippen molar-refractivity contribution in [3.8, 4) is 0 Å². The van der Waals surface area contributed by atoms with Gasteiger partial charge in [0.2, 0.25) is 0 Å². The third-order valence-corrected chi connectivity index (χ3v) is 9.93. The molecule has 0 bridgehead atoms. The number of carbonyl (C=O) groups is 7. The SMILES string of the molecule is CNC(=O)c1cc(NC(=O)c2cc(C)cc(C(=O)Nc3cc(C(=O)O)cc(C(=O)Nc4cc(C(=O)O)cc(C(O)O)c4)c3)c2)cc(C(=O)Nc2cc(C(C)(C)C)cc(C(C)(C)C)c2)c1. The van der Waals surface area contributed by atoms with E-state index in [1.807, 2.05) is 12.1 Å². The molecule has 0 saturated carbocycles. The van der Waals surface area contributed by atoms with Crippen molar-refractivity contribution in [1.29, 1.82) is 0 Å². The van der Waals surface area contributed by atoms with Crippen LogP contribution in [-0.2, 0) is 10.8 Å². The van der Waals surface area contributed by atoms with Crippen LogP contribution in [0.3, 0.4) is 0 Å². The van der Waals surface area contributed by atoms with Gasteiger partial charge < -0.3 is 47.0 Å². The maximum absolute atomic E-state index is 13.8. The summed E-state index contributed by atoms with van der Waals surface area (Å²) in [5.41, 5.74) is 1.40. The first-order valence-corrected chi connectivity index (χ1v) is 19.8. The minimum atomic E-state index is -2.06. The van der Waals surface area contributed by atoms with Gasteiger partial charge in [0.05, 0.1) is 11.1 Å². The Bertz CT molecular complexity index is 2700. The number of amides is 5. The Morgan fingerprint density at radius 1 is 0.422 bits per heavy atom. The van der Waals surface area contributed by atoms with E-state index in [1.54, 1.807) is 6.92 Å². The Morgan fingerprint density at radius 2 is 0.734 bits per heavy atom. The van der Waals surface area contributed by atoms with Crippen LogP contribution in [0.5, 0.6) is 0 Å². The summed E-state index contributed by atoms with van der Waals surface area (Å²) in [5.74, 6) is -6.29. The lowest BCUT2D eigenvalue weighted by Gasteiger charge is -2.26. The fourth-order valence-electron chi connectivity index (χ4n) is 6.48. The number of hydrogen-bond donors (Lipinski definition) is 9. The fraction of sp³-hybridized carbons (Fsp3) is 0.229. The molecule has 64 heavy (non-hydrogen) atoms. The van der Waals surface area contributed by atoms with E-state index in [0.29, 0.717) is 11.3 Å². The van der Waals surface area contributed by atoms with Crippen LogP contribution in [0.25, 0.3) is 0 Å². The number of anilines is 4. The Labute approximate surface area is 368 Å². The molecule has 0 radical (unpaired) electrons.